The fourth-order valence-electron chi connectivity index (χ4n) is 2.44. The molecule has 0 fully saturated rings. The van der Waals surface area contributed by atoms with Crippen molar-refractivity contribution in [3.8, 4) is 0 Å². The Kier molecular flexibility index (Phi) is 4.21. The second-order valence-corrected chi connectivity index (χ2v) is 5.32. The first-order valence-corrected chi connectivity index (χ1v) is 7.27. The SMILES string of the molecule is O=C(CN1C(=O)c2ccc([N+](=O)[O-])cc2C1=O)NCc1cccnc1. The quantitative estimate of drug-likeness (QED) is 0.490. The minimum atomic E-state index is -0.722. The van der Waals surface area contributed by atoms with Gasteiger partial charge < -0.3 is 5.32 Å². The zero-order valence-electron chi connectivity index (χ0n) is 12.8. The van der Waals surface area contributed by atoms with Crippen LogP contribution in [0.25, 0.3) is 0 Å². The van der Waals surface area contributed by atoms with Crippen LogP contribution in [0.4, 0.5) is 5.69 Å². The Morgan fingerprint density at radius 1 is 1.20 bits per heavy atom. The molecule has 3 amide bonds. The molecule has 0 spiro atoms. The molecule has 0 atom stereocenters. The number of nitrogens with zero attached hydrogens (tertiary/aromatic N) is 3. The van der Waals surface area contributed by atoms with Gasteiger partial charge >= 0.3 is 0 Å². The van der Waals surface area contributed by atoms with Gasteiger partial charge in [-0.3, -0.25) is 34.4 Å². The van der Waals surface area contributed by atoms with Crippen LogP contribution in [-0.4, -0.2) is 39.1 Å². The van der Waals surface area contributed by atoms with Gasteiger partial charge in [-0.2, -0.15) is 0 Å². The van der Waals surface area contributed by atoms with E-state index in [0.29, 0.717) is 0 Å². The van der Waals surface area contributed by atoms with Crippen molar-refractivity contribution in [2.75, 3.05) is 6.54 Å². The van der Waals surface area contributed by atoms with Crippen LogP contribution in [0.5, 0.6) is 0 Å². The summed E-state index contributed by atoms with van der Waals surface area (Å²) in [6.07, 6.45) is 3.19. The van der Waals surface area contributed by atoms with E-state index in [0.717, 1.165) is 22.6 Å². The third kappa shape index (κ3) is 3.20. The Hall–Kier alpha value is -3.62. The summed E-state index contributed by atoms with van der Waals surface area (Å²) in [5.74, 6) is -1.89. The number of carbonyl (C=O) groups is 3. The standard InChI is InChI=1S/C16H12N4O5/c21-14(18-8-10-2-1-5-17-7-10)9-19-15(22)12-4-3-11(20(24)25)6-13(12)16(19)23/h1-7H,8-9H2,(H,18,21). The molecule has 126 valence electrons. The maximum Gasteiger partial charge on any atom is 0.270 e. The van der Waals surface area contributed by atoms with Gasteiger partial charge in [-0.15, -0.1) is 0 Å². The Bertz CT molecular complexity index is 881. The van der Waals surface area contributed by atoms with Gasteiger partial charge in [0.05, 0.1) is 16.1 Å². The molecular weight excluding hydrogens is 328 g/mol. The largest absolute Gasteiger partial charge is 0.350 e. The minimum absolute atomic E-state index is 0.0515. The van der Waals surface area contributed by atoms with Gasteiger partial charge in [0.2, 0.25) is 5.91 Å². The first-order chi connectivity index (χ1) is 12.0. The summed E-state index contributed by atoms with van der Waals surface area (Å²) in [4.78, 5) is 51.4. The lowest BCUT2D eigenvalue weighted by Crippen LogP contribution is -2.40. The van der Waals surface area contributed by atoms with E-state index in [9.17, 15) is 24.5 Å². The lowest BCUT2D eigenvalue weighted by Gasteiger charge is -2.13. The first kappa shape index (κ1) is 16.2. The molecule has 3 rings (SSSR count). The normalized spacial score (nSPS) is 12.9. The van der Waals surface area contributed by atoms with Gasteiger partial charge in [-0.25, -0.2) is 0 Å². The number of hydrogen-bond donors (Lipinski definition) is 1. The Balaban J connectivity index is 1.69. The second-order valence-electron chi connectivity index (χ2n) is 5.32. The summed E-state index contributed by atoms with van der Waals surface area (Å²) in [5, 5.41) is 13.4. The lowest BCUT2D eigenvalue weighted by molar-refractivity contribution is -0.384. The molecule has 0 aliphatic carbocycles. The third-order valence-electron chi connectivity index (χ3n) is 3.68. The predicted octanol–water partition coefficient (Wildman–Crippen LogP) is 0.902. The van der Waals surface area contributed by atoms with Gasteiger partial charge in [-0.1, -0.05) is 6.07 Å². The first-order valence-electron chi connectivity index (χ1n) is 7.27. The predicted molar refractivity (Wildman–Crippen MR) is 84.5 cm³/mol. The van der Waals surface area contributed by atoms with Crippen LogP contribution >= 0.6 is 0 Å². The average Bonchev–Trinajstić information content (AvgIpc) is 2.85. The molecule has 0 bridgehead atoms. The highest BCUT2D eigenvalue weighted by Crippen LogP contribution is 2.26. The van der Waals surface area contributed by atoms with Crippen LogP contribution in [0.2, 0.25) is 0 Å². The number of benzene rings is 1. The summed E-state index contributed by atoms with van der Waals surface area (Å²) in [6, 6.07) is 6.91. The number of nitro groups is 1. The molecule has 0 unspecified atom stereocenters. The van der Waals surface area contributed by atoms with E-state index in [-0.39, 0.29) is 23.4 Å². The number of rotatable bonds is 5. The molecule has 0 radical (unpaired) electrons. The Morgan fingerprint density at radius 3 is 2.64 bits per heavy atom. The maximum absolute atomic E-state index is 12.3. The molecule has 0 saturated heterocycles. The molecule has 1 aliphatic heterocycles. The molecule has 25 heavy (non-hydrogen) atoms. The fraction of sp³-hybridized carbons (Fsp3) is 0.125. The van der Waals surface area contributed by atoms with Crippen molar-refractivity contribution in [3.63, 3.8) is 0 Å². The number of hydrogen-bond acceptors (Lipinski definition) is 6. The molecule has 0 saturated carbocycles. The number of imide groups is 1. The number of pyridine rings is 1. The minimum Gasteiger partial charge on any atom is -0.350 e. The highest BCUT2D eigenvalue weighted by molar-refractivity contribution is 6.22. The average molecular weight is 340 g/mol. The van der Waals surface area contributed by atoms with E-state index in [1.807, 2.05) is 0 Å². The lowest BCUT2D eigenvalue weighted by atomic mass is 10.1. The second kappa shape index (κ2) is 6.48. The number of non-ortho nitro benzene ring substituents is 1. The summed E-state index contributed by atoms with van der Waals surface area (Å²) in [6.45, 7) is -0.248. The summed E-state index contributed by atoms with van der Waals surface area (Å²) in [5.41, 5.74) is 0.464. The third-order valence-corrected chi connectivity index (χ3v) is 3.68. The van der Waals surface area contributed by atoms with Gasteiger partial charge in [0.1, 0.15) is 6.54 Å². The van der Waals surface area contributed by atoms with E-state index in [1.165, 1.54) is 6.07 Å². The van der Waals surface area contributed by atoms with Crippen molar-refractivity contribution in [3.05, 3.63) is 69.5 Å². The summed E-state index contributed by atoms with van der Waals surface area (Å²) < 4.78 is 0. The Labute approximate surface area is 141 Å². The van der Waals surface area contributed by atoms with Gasteiger partial charge in [0, 0.05) is 31.1 Å². The van der Waals surface area contributed by atoms with E-state index in [4.69, 9.17) is 0 Å². The van der Waals surface area contributed by atoms with E-state index in [1.54, 1.807) is 24.5 Å². The van der Waals surface area contributed by atoms with Gasteiger partial charge in [0.15, 0.2) is 0 Å². The van der Waals surface area contributed by atoms with E-state index < -0.39 is 29.2 Å². The van der Waals surface area contributed by atoms with Crippen molar-refractivity contribution >= 4 is 23.4 Å². The number of aromatic nitrogens is 1. The van der Waals surface area contributed by atoms with E-state index >= 15 is 0 Å². The summed E-state index contributed by atoms with van der Waals surface area (Å²) >= 11 is 0. The van der Waals surface area contributed by atoms with Crippen LogP contribution in [0.15, 0.2) is 42.7 Å². The molecule has 2 heterocycles. The maximum atomic E-state index is 12.3. The van der Waals surface area contributed by atoms with Gasteiger partial charge in [0.25, 0.3) is 17.5 Å². The van der Waals surface area contributed by atoms with Crippen molar-refractivity contribution < 1.29 is 19.3 Å². The number of nitrogens with one attached hydrogen (secondary N) is 1. The Morgan fingerprint density at radius 2 is 1.96 bits per heavy atom. The topological polar surface area (TPSA) is 123 Å². The fourth-order valence-corrected chi connectivity index (χ4v) is 2.44. The smallest absolute Gasteiger partial charge is 0.270 e. The molecule has 1 aliphatic rings. The van der Waals surface area contributed by atoms with Crippen LogP contribution in [0.3, 0.4) is 0 Å². The molecule has 9 nitrogen and oxygen atoms in total. The molecule has 9 heteroatoms. The zero-order chi connectivity index (χ0) is 18.0. The number of amides is 3. The number of carbonyl (C=O) groups excluding carboxylic acids is 3. The molecule has 1 N–H and O–H groups in total. The van der Waals surface area contributed by atoms with Crippen LogP contribution in [0.1, 0.15) is 26.3 Å². The number of fused-ring (bicyclic) bond motifs is 1. The van der Waals surface area contributed by atoms with Crippen molar-refractivity contribution in [1.29, 1.82) is 0 Å². The van der Waals surface area contributed by atoms with Crippen molar-refractivity contribution in [2.45, 2.75) is 6.54 Å². The molecular formula is C16H12N4O5. The highest BCUT2D eigenvalue weighted by atomic mass is 16.6. The molecule has 1 aromatic carbocycles. The summed E-state index contributed by atoms with van der Waals surface area (Å²) in [7, 11) is 0. The van der Waals surface area contributed by atoms with Crippen molar-refractivity contribution in [2.24, 2.45) is 0 Å². The molecule has 1 aromatic heterocycles. The van der Waals surface area contributed by atoms with Crippen molar-refractivity contribution in [1.82, 2.24) is 15.2 Å². The van der Waals surface area contributed by atoms with Crippen LogP contribution < -0.4 is 5.32 Å². The number of nitro benzene ring substituents is 1. The highest BCUT2D eigenvalue weighted by Gasteiger charge is 2.37. The monoisotopic (exact) mass is 340 g/mol. The molecule has 2 aromatic rings. The zero-order valence-corrected chi connectivity index (χ0v) is 12.8. The van der Waals surface area contributed by atoms with Crippen LogP contribution in [0, 0.1) is 10.1 Å². The van der Waals surface area contributed by atoms with E-state index in [2.05, 4.69) is 10.3 Å². The van der Waals surface area contributed by atoms with Crippen LogP contribution in [-0.2, 0) is 11.3 Å². The van der Waals surface area contributed by atoms with Gasteiger partial charge in [-0.05, 0) is 17.7 Å².